The molecule has 2 rings (SSSR count). The van der Waals surface area contributed by atoms with Crippen molar-refractivity contribution >= 4 is 23.2 Å². The number of hydrogen-bond donors (Lipinski definition) is 2. The van der Waals surface area contributed by atoms with Gasteiger partial charge in [-0.05, 0) is 37.8 Å². The monoisotopic (exact) mass is 252 g/mol. The van der Waals surface area contributed by atoms with Gasteiger partial charge in [-0.15, -0.1) is 0 Å². The first-order valence-corrected chi connectivity index (χ1v) is 6.32. The second kappa shape index (κ2) is 4.57. The number of nitrogens with one attached hydrogen (secondary N) is 1. The zero-order valence-electron chi connectivity index (χ0n) is 9.92. The standard InChI is InChI=1S/C13H17ClN2O/c1-2-13(7-4-8-13)16-12(17)9-5-3-6-10(15)11(9)14/h3,5-6H,2,4,7-8,15H2,1H3,(H,16,17). The molecule has 92 valence electrons. The van der Waals surface area contributed by atoms with E-state index in [2.05, 4.69) is 12.2 Å². The van der Waals surface area contributed by atoms with E-state index in [1.807, 2.05) is 0 Å². The van der Waals surface area contributed by atoms with Crippen molar-refractivity contribution < 1.29 is 4.79 Å². The molecule has 1 amide bonds. The highest BCUT2D eigenvalue weighted by Gasteiger charge is 2.36. The van der Waals surface area contributed by atoms with Gasteiger partial charge in [0.05, 0.1) is 16.3 Å². The van der Waals surface area contributed by atoms with Crippen molar-refractivity contribution in [2.24, 2.45) is 0 Å². The number of carbonyl (C=O) groups excluding carboxylic acids is 1. The van der Waals surface area contributed by atoms with Gasteiger partial charge >= 0.3 is 0 Å². The summed E-state index contributed by atoms with van der Waals surface area (Å²) in [6, 6.07) is 5.14. The third-order valence-electron chi connectivity index (χ3n) is 3.64. The third kappa shape index (κ3) is 2.25. The summed E-state index contributed by atoms with van der Waals surface area (Å²) in [6.45, 7) is 2.10. The van der Waals surface area contributed by atoms with Crippen LogP contribution in [0.2, 0.25) is 5.02 Å². The van der Waals surface area contributed by atoms with Crippen molar-refractivity contribution in [3.05, 3.63) is 28.8 Å². The quantitative estimate of drug-likeness (QED) is 0.813. The summed E-state index contributed by atoms with van der Waals surface area (Å²) in [5, 5.41) is 3.43. The molecule has 3 N–H and O–H groups in total. The van der Waals surface area contributed by atoms with Gasteiger partial charge < -0.3 is 11.1 Å². The summed E-state index contributed by atoms with van der Waals surface area (Å²) in [5.74, 6) is -0.121. The molecule has 1 aromatic carbocycles. The minimum atomic E-state index is -0.121. The molecule has 0 spiro atoms. The Hall–Kier alpha value is -1.22. The van der Waals surface area contributed by atoms with Crippen LogP contribution in [0.5, 0.6) is 0 Å². The molecule has 0 heterocycles. The molecule has 0 unspecified atom stereocenters. The first-order chi connectivity index (χ1) is 8.08. The van der Waals surface area contributed by atoms with Gasteiger partial charge in [0.2, 0.25) is 0 Å². The molecule has 0 bridgehead atoms. The summed E-state index contributed by atoms with van der Waals surface area (Å²) in [4.78, 5) is 12.1. The molecule has 1 saturated carbocycles. The highest BCUT2D eigenvalue weighted by atomic mass is 35.5. The summed E-state index contributed by atoms with van der Waals surface area (Å²) in [6.07, 6.45) is 4.24. The molecule has 1 fully saturated rings. The summed E-state index contributed by atoms with van der Waals surface area (Å²) >= 11 is 6.04. The van der Waals surface area contributed by atoms with E-state index in [1.165, 1.54) is 6.42 Å². The largest absolute Gasteiger partial charge is 0.398 e. The SMILES string of the molecule is CCC1(NC(=O)c2cccc(N)c2Cl)CCC1. The van der Waals surface area contributed by atoms with Crippen LogP contribution in [-0.2, 0) is 0 Å². The predicted molar refractivity (Wildman–Crippen MR) is 70.2 cm³/mol. The first-order valence-electron chi connectivity index (χ1n) is 5.94. The maximum absolute atomic E-state index is 12.1. The molecule has 0 aromatic heterocycles. The average molecular weight is 253 g/mol. The van der Waals surface area contributed by atoms with Crippen LogP contribution < -0.4 is 11.1 Å². The van der Waals surface area contributed by atoms with Gasteiger partial charge in [0.15, 0.2) is 0 Å². The van der Waals surface area contributed by atoms with Crippen molar-refractivity contribution in [2.75, 3.05) is 5.73 Å². The molecule has 0 radical (unpaired) electrons. The van der Waals surface area contributed by atoms with Crippen molar-refractivity contribution in [1.82, 2.24) is 5.32 Å². The first kappa shape index (κ1) is 12.2. The Labute approximate surface area is 106 Å². The molecule has 4 heteroatoms. The lowest BCUT2D eigenvalue weighted by Crippen LogP contribution is -2.53. The number of amides is 1. The lowest BCUT2D eigenvalue weighted by molar-refractivity contribution is 0.0820. The molecule has 0 saturated heterocycles. The van der Waals surface area contributed by atoms with Crippen LogP contribution in [0.25, 0.3) is 0 Å². The zero-order valence-corrected chi connectivity index (χ0v) is 10.7. The lowest BCUT2D eigenvalue weighted by atomic mass is 9.74. The highest BCUT2D eigenvalue weighted by molar-refractivity contribution is 6.36. The van der Waals surface area contributed by atoms with Crippen LogP contribution in [0, 0.1) is 0 Å². The van der Waals surface area contributed by atoms with E-state index in [-0.39, 0.29) is 11.4 Å². The molecule has 0 aliphatic heterocycles. The Kier molecular flexibility index (Phi) is 3.29. The Morgan fingerprint density at radius 2 is 2.24 bits per heavy atom. The topological polar surface area (TPSA) is 55.1 Å². The minimum absolute atomic E-state index is 0.0228. The van der Waals surface area contributed by atoms with Crippen LogP contribution in [0.15, 0.2) is 18.2 Å². The molecule has 17 heavy (non-hydrogen) atoms. The van der Waals surface area contributed by atoms with Crippen molar-refractivity contribution in [1.29, 1.82) is 0 Å². The zero-order chi connectivity index (χ0) is 12.5. The third-order valence-corrected chi connectivity index (χ3v) is 4.06. The fraction of sp³-hybridized carbons (Fsp3) is 0.462. The Morgan fingerprint density at radius 1 is 1.53 bits per heavy atom. The van der Waals surface area contributed by atoms with Gasteiger partial charge in [-0.3, -0.25) is 4.79 Å². The lowest BCUT2D eigenvalue weighted by Gasteiger charge is -2.42. The van der Waals surface area contributed by atoms with Gasteiger partial charge in [0.25, 0.3) is 5.91 Å². The van der Waals surface area contributed by atoms with Crippen molar-refractivity contribution in [3.63, 3.8) is 0 Å². The van der Waals surface area contributed by atoms with Gasteiger partial charge in [-0.2, -0.15) is 0 Å². The number of halogens is 1. The molecule has 1 aromatic rings. The van der Waals surface area contributed by atoms with E-state index in [0.29, 0.717) is 16.3 Å². The second-order valence-electron chi connectivity index (χ2n) is 4.65. The van der Waals surface area contributed by atoms with Crippen LogP contribution in [0.1, 0.15) is 43.0 Å². The Bertz CT molecular complexity index is 436. The summed E-state index contributed by atoms with van der Waals surface area (Å²) < 4.78 is 0. The van der Waals surface area contributed by atoms with Crippen LogP contribution in [0.4, 0.5) is 5.69 Å². The number of rotatable bonds is 3. The van der Waals surface area contributed by atoms with Gasteiger partial charge in [0.1, 0.15) is 0 Å². The van der Waals surface area contributed by atoms with Crippen LogP contribution in [0.3, 0.4) is 0 Å². The summed E-state index contributed by atoms with van der Waals surface area (Å²) in [5.41, 5.74) is 6.57. The molecule has 1 aliphatic carbocycles. The van der Waals surface area contributed by atoms with Gasteiger partial charge in [-0.1, -0.05) is 24.6 Å². The normalized spacial score (nSPS) is 17.3. The van der Waals surface area contributed by atoms with Crippen LogP contribution >= 0.6 is 11.6 Å². The fourth-order valence-electron chi connectivity index (χ4n) is 2.20. The molecule has 0 atom stereocenters. The fourth-order valence-corrected chi connectivity index (χ4v) is 2.42. The van der Waals surface area contributed by atoms with Crippen LogP contribution in [-0.4, -0.2) is 11.4 Å². The number of carbonyl (C=O) groups is 1. The molecule has 3 nitrogen and oxygen atoms in total. The minimum Gasteiger partial charge on any atom is -0.398 e. The van der Waals surface area contributed by atoms with Crippen molar-refractivity contribution in [2.45, 2.75) is 38.1 Å². The van der Waals surface area contributed by atoms with E-state index in [9.17, 15) is 4.79 Å². The average Bonchev–Trinajstić information content (AvgIpc) is 2.27. The predicted octanol–water partition coefficient (Wildman–Crippen LogP) is 2.98. The number of anilines is 1. The van der Waals surface area contributed by atoms with Gasteiger partial charge in [0, 0.05) is 5.54 Å². The Balaban J connectivity index is 2.17. The maximum atomic E-state index is 12.1. The molecular formula is C13H17ClN2O. The van der Waals surface area contributed by atoms with E-state index >= 15 is 0 Å². The number of hydrogen-bond acceptors (Lipinski definition) is 2. The summed E-state index contributed by atoms with van der Waals surface area (Å²) in [7, 11) is 0. The second-order valence-corrected chi connectivity index (χ2v) is 5.03. The highest BCUT2D eigenvalue weighted by Crippen LogP contribution is 2.35. The van der Waals surface area contributed by atoms with Crippen molar-refractivity contribution in [3.8, 4) is 0 Å². The van der Waals surface area contributed by atoms with E-state index in [1.54, 1.807) is 18.2 Å². The maximum Gasteiger partial charge on any atom is 0.253 e. The number of nitrogen functional groups attached to an aromatic ring is 1. The Morgan fingerprint density at radius 3 is 2.76 bits per heavy atom. The van der Waals surface area contributed by atoms with E-state index < -0.39 is 0 Å². The number of nitrogens with two attached hydrogens (primary N) is 1. The molecular weight excluding hydrogens is 236 g/mol. The van der Waals surface area contributed by atoms with Gasteiger partial charge in [-0.25, -0.2) is 0 Å². The van der Waals surface area contributed by atoms with E-state index in [4.69, 9.17) is 17.3 Å². The molecule has 1 aliphatic rings. The smallest absolute Gasteiger partial charge is 0.253 e. The number of benzene rings is 1. The van der Waals surface area contributed by atoms with E-state index in [0.717, 1.165) is 19.3 Å².